The minimum Gasteiger partial charge on any atom is -0.496 e. The highest BCUT2D eigenvalue weighted by molar-refractivity contribution is 5.72. The van der Waals surface area contributed by atoms with Crippen LogP contribution < -0.4 is 9.47 Å². The molecule has 0 spiro atoms. The van der Waals surface area contributed by atoms with E-state index >= 15 is 0 Å². The maximum absolute atomic E-state index is 12.7. The van der Waals surface area contributed by atoms with Gasteiger partial charge in [0, 0.05) is 11.6 Å². The number of carbonyl (C=O) groups is 1. The van der Waals surface area contributed by atoms with Crippen molar-refractivity contribution in [2.24, 2.45) is 0 Å². The lowest BCUT2D eigenvalue weighted by Gasteiger charge is -2.13. The number of alkyl halides is 2. The summed E-state index contributed by atoms with van der Waals surface area (Å²) in [5, 5.41) is 8.67. The van der Waals surface area contributed by atoms with E-state index in [4.69, 9.17) is 14.6 Å². The van der Waals surface area contributed by atoms with Crippen LogP contribution in [-0.2, 0) is 11.2 Å². The molecule has 0 saturated heterocycles. The van der Waals surface area contributed by atoms with Gasteiger partial charge in [-0.2, -0.15) is 0 Å². The van der Waals surface area contributed by atoms with E-state index in [1.165, 1.54) is 20.3 Å². The van der Waals surface area contributed by atoms with Crippen molar-refractivity contribution >= 4 is 5.97 Å². The molecule has 0 saturated carbocycles. The number of rotatable bonds is 5. The fourth-order valence-electron chi connectivity index (χ4n) is 1.46. The second-order valence-corrected chi connectivity index (χ2v) is 3.28. The highest BCUT2D eigenvalue weighted by Gasteiger charge is 2.19. The van der Waals surface area contributed by atoms with Crippen LogP contribution >= 0.6 is 0 Å². The predicted octanol–water partition coefficient (Wildman–Crippen LogP) is 2.27. The van der Waals surface area contributed by atoms with Crippen LogP contribution in [-0.4, -0.2) is 25.3 Å². The van der Waals surface area contributed by atoms with Gasteiger partial charge in [-0.05, 0) is 6.07 Å². The van der Waals surface area contributed by atoms with E-state index in [1.807, 2.05) is 0 Å². The Morgan fingerprint density at radius 2 is 1.88 bits per heavy atom. The summed E-state index contributed by atoms with van der Waals surface area (Å²) in [5.74, 6) is -0.923. The minimum absolute atomic E-state index is 0.0222. The Morgan fingerprint density at radius 1 is 1.29 bits per heavy atom. The summed E-state index contributed by atoms with van der Waals surface area (Å²) in [7, 11) is 2.60. The van der Waals surface area contributed by atoms with Gasteiger partial charge in [0.25, 0.3) is 6.43 Å². The molecular weight excluding hydrogens is 234 g/mol. The summed E-state index contributed by atoms with van der Waals surface area (Å²) in [6.45, 7) is 0. The fourth-order valence-corrected chi connectivity index (χ4v) is 1.46. The quantitative estimate of drug-likeness (QED) is 0.865. The zero-order valence-electron chi connectivity index (χ0n) is 9.37. The van der Waals surface area contributed by atoms with Gasteiger partial charge in [-0.3, -0.25) is 4.79 Å². The van der Waals surface area contributed by atoms with E-state index in [0.717, 1.165) is 6.07 Å². The van der Waals surface area contributed by atoms with E-state index in [0.29, 0.717) is 0 Å². The Hall–Kier alpha value is -1.85. The average molecular weight is 246 g/mol. The van der Waals surface area contributed by atoms with Crippen molar-refractivity contribution in [2.75, 3.05) is 14.2 Å². The van der Waals surface area contributed by atoms with Gasteiger partial charge in [0.05, 0.1) is 26.2 Å². The first-order valence-electron chi connectivity index (χ1n) is 4.74. The average Bonchev–Trinajstić information content (AvgIpc) is 2.27. The van der Waals surface area contributed by atoms with Gasteiger partial charge in [0.1, 0.15) is 11.5 Å². The number of hydrogen-bond acceptors (Lipinski definition) is 3. The Bertz CT molecular complexity index is 418. The molecule has 0 aromatic heterocycles. The molecule has 0 unspecified atom stereocenters. The normalized spacial score (nSPS) is 10.4. The lowest BCUT2D eigenvalue weighted by atomic mass is 10.1. The van der Waals surface area contributed by atoms with Crippen LogP contribution in [0.3, 0.4) is 0 Å². The first kappa shape index (κ1) is 13.2. The first-order chi connectivity index (χ1) is 7.99. The molecule has 0 aliphatic rings. The Labute approximate surface area is 96.8 Å². The molecule has 0 aliphatic heterocycles. The summed E-state index contributed by atoms with van der Waals surface area (Å²) in [6, 6.07) is 2.36. The molecule has 0 radical (unpaired) electrons. The zero-order valence-corrected chi connectivity index (χ0v) is 9.37. The lowest BCUT2D eigenvalue weighted by molar-refractivity contribution is -0.136. The van der Waals surface area contributed by atoms with Gasteiger partial charge in [-0.15, -0.1) is 0 Å². The molecule has 1 N–H and O–H groups in total. The third-order valence-electron chi connectivity index (χ3n) is 2.21. The number of halogens is 2. The standard InChI is InChI=1S/C11H12F2O4/c1-16-8-5-9(17-2)7(11(12)13)3-6(8)4-10(14)15/h3,5,11H,4H2,1-2H3,(H,14,15). The molecule has 94 valence electrons. The van der Waals surface area contributed by atoms with E-state index in [-0.39, 0.29) is 29.0 Å². The molecule has 0 heterocycles. The van der Waals surface area contributed by atoms with E-state index in [9.17, 15) is 13.6 Å². The zero-order chi connectivity index (χ0) is 13.0. The molecule has 4 nitrogen and oxygen atoms in total. The molecule has 1 rings (SSSR count). The molecule has 1 aromatic rings. The fraction of sp³-hybridized carbons (Fsp3) is 0.364. The number of ether oxygens (including phenoxy) is 2. The van der Waals surface area contributed by atoms with Crippen LogP contribution in [0.2, 0.25) is 0 Å². The van der Waals surface area contributed by atoms with Gasteiger partial charge in [0.15, 0.2) is 0 Å². The van der Waals surface area contributed by atoms with Crippen molar-refractivity contribution in [3.8, 4) is 11.5 Å². The molecular formula is C11H12F2O4. The maximum atomic E-state index is 12.7. The monoisotopic (exact) mass is 246 g/mol. The second-order valence-electron chi connectivity index (χ2n) is 3.28. The van der Waals surface area contributed by atoms with Gasteiger partial charge in [-0.1, -0.05) is 0 Å². The third kappa shape index (κ3) is 3.05. The van der Waals surface area contributed by atoms with Crippen molar-refractivity contribution in [1.29, 1.82) is 0 Å². The molecule has 1 aromatic carbocycles. The molecule has 6 heteroatoms. The van der Waals surface area contributed by atoms with E-state index in [2.05, 4.69) is 0 Å². The summed E-state index contributed by atoms with van der Waals surface area (Å²) in [5.41, 5.74) is -0.152. The Kier molecular flexibility index (Phi) is 4.25. The van der Waals surface area contributed by atoms with Crippen molar-refractivity contribution in [1.82, 2.24) is 0 Å². The highest BCUT2D eigenvalue weighted by Crippen LogP contribution is 2.35. The number of aliphatic carboxylic acids is 1. The SMILES string of the molecule is COc1cc(OC)c(C(F)F)cc1CC(=O)O. The van der Waals surface area contributed by atoms with E-state index < -0.39 is 12.4 Å². The highest BCUT2D eigenvalue weighted by atomic mass is 19.3. The number of hydrogen-bond donors (Lipinski definition) is 1. The minimum atomic E-state index is -2.73. The molecule has 0 atom stereocenters. The van der Waals surface area contributed by atoms with Crippen molar-refractivity contribution in [2.45, 2.75) is 12.8 Å². The van der Waals surface area contributed by atoms with Gasteiger partial charge in [0.2, 0.25) is 0 Å². The summed E-state index contributed by atoms with van der Waals surface area (Å²) in [6.07, 6.45) is -3.12. The molecule has 17 heavy (non-hydrogen) atoms. The summed E-state index contributed by atoms with van der Waals surface area (Å²) < 4.78 is 35.1. The van der Waals surface area contributed by atoms with Gasteiger partial charge >= 0.3 is 5.97 Å². The topological polar surface area (TPSA) is 55.8 Å². The lowest BCUT2D eigenvalue weighted by Crippen LogP contribution is -2.04. The van der Waals surface area contributed by atoms with Gasteiger partial charge < -0.3 is 14.6 Å². The number of benzene rings is 1. The molecule has 0 aliphatic carbocycles. The van der Waals surface area contributed by atoms with Crippen molar-refractivity contribution in [3.63, 3.8) is 0 Å². The summed E-state index contributed by atoms with van der Waals surface area (Å²) in [4.78, 5) is 10.6. The first-order valence-corrected chi connectivity index (χ1v) is 4.74. The number of carboxylic acids is 1. The number of methoxy groups -OCH3 is 2. The van der Waals surface area contributed by atoms with Crippen LogP contribution in [0.4, 0.5) is 8.78 Å². The third-order valence-corrected chi connectivity index (χ3v) is 2.21. The smallest absolute Gasteiger partial charge is 0.307 e. The van der Waals surface area contributed by atoms with Crippen LogP contribution in [0.25, 0.3) is 0 Å². The molecule has 0 bridgehead atoms. The number of carboxylic acid groups (broad SMARTS) is 1. The van der Waals surface area contributed by atoms with Crippen LogP contribution in [0, 0.1) is 0 Å². The van der Waals surface area contributed by atoms with Crippen molar-refractivity contribution < 1.29 is 28.2 Å². The second kappa shape index (κ2) is 5.47. The molecule has 0 fully saturated rings. The largest absolute Gasteiger partial charge is 0.496 e. The Balaban J connectivity index is 3.28. The van der Waals surface area contributed by atoms with Crippen molar-refractivity contribution in [3.05, 3.63) is 23.3 Å². The van der Waals surface area contributed by atoms with Crippen LogP contribution in [0.5, 0.6) is 11.5 Å². The van der Waals surface area contributed by atoms with E-state index in [1.54, 1.807) is 0 Å². The molecule has 0 amide bonds. The Morgan fingerprint density at radius 3 is 2.29 bits per heavy atom. The van der Waals surface area contributed by atoms with Crippen LogP contribution in [0.15, 0.2) is 12.1 Å². The maximum Gasteiger partial charge on any atom is 0.307 e. The van der Waals surface area contributed by atoms with Crippen LogP contribution in [0.1, 0.15) is 17.6 Å². The predicted molar refractivity (Wildman–Crippen MR) is 55.8 cm³/mol. The summed E-state index contributed by atoms with van der Waals surface area (Å²) >= 11 is 0. The van der Waals surface area contributed by atoms with Gasteiger partial charge in [-0.25, -0.2) is 8.78 Å².